The SMILES string of the molecule is C[C@@H](NC(=O)c1cncc(-c2ccc(F)cc2)c1)c1ncnn1-c1ncccn1.S. The van der Waals surface area contributed by atoms with Gasteiger partial charge in [0.2, 0.25) is 0 Å². The van der Waals surface area contributed by atoms with Crippen LogP contribution in [0.1, 0.15) is 29.1 Å². The maximum absolute atomic E-state index is 13.1. The zero-order chi connectivity index (χ0) is 20.2. The minimum atomic E-state index is -0.455. The van der Waals surface area contributed by atoms with Crippen LogP contribution < -0.4 is 5.32 Å². The first-order valence-electron chi connectivity index (χ1n) is 8.81. The number of nitrogens with one attached hydrogen (secondary N) is 1. The Morgan fingerprint density at radius 1 is 1.07 bits per heavy atom. The van der Waals surface area contributed by atoms with Gasteiger partial charge in [-0.3, -0.25) is 9.78 Å². The molecule has 1 N–H and O–H groups in total. The molecule has 1 atom stereocenters. The second kappa shape index (κ2) is 9.23. The summed E-state index contributed by atoms with van der Waals surface area (Å²) < 4.78 is 14.6. The van der Waals surface area contributed by atoms with Crippen molar-refractivity contribution in [2.24, 2.45) is 0 Å². The molecule has 30 heavy (non-hydrogen) atoms. The summed E-state index contributed by atoms with van der Waals surface area (Å²) in [5, 5.41) is 7.01. The second-order valence-corrected chi connectivity index (χ2v) is 6.24. The van der Waals surface area contributed by atoms with Crippen molar-refractivity contribution in [1.82, 2.24) is 35.0 Å². The fourth-order valence-electron chi connectivity index (χ4n) is 2.81. The molecule has 0 aliphatic carbocycles. The minimum absolute atomic E-state index is 0. The van der Waals surface area contributed by atoms with Gasteiger partial charge in [0.1, 0.15) is 12.1 Å². The number of hydrogen-bond acceptors (Lipinski definition) is 6. The van der Waals surface area contributed by atoms with Crippen molar-refractivity contribution >= 4 is 19.4 Å². The smallest absolute Gasteiger partial charge is 0.253 e. The number of halogens is 1. The van der Waals surface area contributed by atoms with E-state index in [1.54, 1.807) is 49.8 Å². The quantitative estimate of drug-likeness (QED) is 0.530. The highest BCUT2D eigenvalue weighted by Crippen LogP contribution is 2.20. The van der Waals surface area contributed by atoms with Crippen LogP contribution in [0.3, 0.4) is 0 Å². The number of nitrogens with zero attached hydrogens (tertiary/aromatic N) is 6. The summed E-state index contributed by atoms with van der Waals surface area (Å²) in [6.07, 6.45) is 7.68. The highest BCUT2D eigenvalue weighted by molar-refractivity contribution is 7.59. The van der Waals surface area contributed by atoms with Crippen molar-refractivity contribution in [3.63, 3.8) is 0 Å². The van der Waals surface area contributed by atoms with Gasteiger partial charge in [-0.05, 0) is 36.8 Å². The predicted molar refractivity (Wildman–Crippen MR) is 113 cm³/mol. The number of pyridine rings is 1. The summed E-state index contributed by atoms with van der Waals surface area (Å²) in [4.78, 5) is 29.4. The molecule has 0 saturated carbocycles. The standard InChI is InChI=1S/C20H16FN7O.H2S/c1-13(18-25-12-26-28(18)20-23-7-2-8-24-20)27-19(29)16-9-15(10-22-11-16)14-3-5-17(21)6-4-14;/h2-13H,1H3,(H,27,29);1H2/t13-;/m1./s1. The molecule has 152 valence electrons. The van der Waals surface area contributed by atoms with Crippen molar-refractivity contribution < 1.29 is 9.18 Å². The number of rotatable bonds is 5. The molecular weight excluding hydrogens is 405 g/mol. The Bertz CT molecular complexity index is 1140. The van der Waals surface area contributed by atoms with E-state index in [0.29, 0.717) is 22.9 Å². The third-order valence-electron chi connectivity index (χ3n) is 4.23. The summed E-state index contributed by atoms with van der Waals surface area (Å²) in [5.41, 5.74) is 1.86. The maximum Gasteiger partial charge on any atom is 0.253 e. The second-order valence-electron chi connectivity index (χ2n) is 6.24. The number of carbonyl (C=O) groups is 1. The van der Waals surface area contributed by atoms with E-state index >= 15 is 0 Å². The van der Waals surface area contributed by atoms with Crippen molar-refractivity contribution in [1.29, 1.82) is 0 Å². The van der Waals surface area contributed by atoms with E-state index in [1.165, 1.54) is 29.3 Å². The minimum Gasteiger partial charge on any atom is -0.342 e. The van der Waals surface area contributed by atoms with Gasteiger partial charge in [0.15, 0.2) is 5.82 Å². The lowest BCUT2D eigenvalue weighted by Crippen LogP contribution is -2.29. The molecule has 8 nitrogen and oxygen atoms in total. The maximum atomic E-state index is 13.1. The highest BCUT2D eigenvalue weighted by Gasteiger charge is 2.19. The Balaban J connectivity index is 0.00000256. The topological polar surface area (TPSA) is 98.5 Å². The van der Waals surface area contributed by atoms with Gasteiger partial charge in [-0.1, -0.05) is 12.1 Å². The van der Waals surface area contributed by atoms with E-state index in [9.17, 15) is 9.18 Å². The molecule has 0 bridgehead atoms. The number of carbonyl (C=O) groups excluding carboxylic acids is 1. The van der Waals surface area contributed by atoms with Crippen LogP contribution in [0, 0.1) is 5.82 Å². The number of amides is 1. The largest absolute Gasteiger partial charge is 0.342 e. The first-order chi connectivity index (χ1) is 14.1. The Labute approximate surface area is 178 Å². The molecule has 1 aromatic carbocycles. The summed E-state index contributed by atoms with van der Waals surface area (Å²) in [6.45, 7) is 1.79. The van der Waals surface area contributed by atoms with Gasteiger partial charge < -0.3 is 5.32 Å². The van der Waals surface area contributed by atoms with Crippen LogP contribution in [-0.2, 0) is 0 Å². The van der Waals surface area contributed by atoms with E-state index < -0.39 is 6.04 Å². The average Bonchev–Trinajstić information content (AvgIpc) is 3.25. The summed E-state index contributed by atoms with van der Waals surface area (Å²) in [6, 6.07) is 8.95. The zero-order valence-corrected chi connectivity index (χ0v) is 16.9. The first kappa shape index (κ1) is 21.1. The molecule has 0 saturated heterocycles. The molecule has 4 aromatic rings. The van der Waals surface area contributed by atoms with Crippen molar-refractivity contribution in [3.05, 3.63) is 84.7 Å². The van der Waals surface area contributed by atoms with Gasteiger partial charge in [-0.15, -0.1) is 0 Å². The molecule has 0 radical (unpaired) electrons. The molecule has 10 heteroatoms. The molecule has 1 amide bonds. The monoisotopic (exact) mass is 423 g/mol. The fourth-order valence-corrected chi connectivity index (χ4v) is 2.81. The molecule has 0 fully saturated rings. The van der Waals surface area contributed by atoms with E-state index in [4.69, 9.17) is 0 Å². The molecular formula is C20H18FN7OS. The average molecular weight is 423 g/mol. The molecule has 0 aliphatic heterocycles. The number of hydrogen-bond donors (Lipinski definition) is 1. The van der Waals surface area contributed by atoms with Crippen LogP contribution in [0.5, 0.6) is 0 Å². The van der Waals surface area contributed by atoms with Gasteiger partial charge in [-0.2, -0.15) is 23.3 Å². The van der Waals surface area contributed by atoms with Crippen molar-refractivity contribution in [2.45, 2.75) is 13.0 Å². The van der Waals surface area contributed by atoms with E-state index in [1.807, 2.05) is 0 Å². The molecule has 3 heterocycles. The Morgan fingerprint density at radius 2 is 1.80 bits per heavy atom. The van der Waals surface area contributed by atoms with Crippen molar-refractivity contribution in [2.75, 3.05) is 0 Å². The third kappa shape index (κ3) is 4.49. The molecule has 0 unspecified atom stereocenters. The van der Waals surface area contributed by atoms with Gasteiger partial charge in [0.25, 0.3) is 11.9 Å². The third-order valence-corrected chi connectivity index (χ3v) is 4.23. The molecule has 0 aliphatic rings. The van der Waals surface area contributed by atoms with Crippen LogP contribution in [0.2, 0.25) is 0 Å². The Morgan fingerprint density at radius 3 is 2.53 bits per heavy atom. The summed E-state index contributed by atoms with van der Waals surface area (Å²) in [5.74, 6) is 0.210. The summed E-state index contributed by atoms with van der Waals surface area (Å²) >= 11 is 0. The van der Waals surface area contributed by atoms with E-state index in [0.717, 1.165) is 5.56 Å². The van der Waals surface area contributed by atoms with Crippen LogP contribution >= 0.6 is 13.5 Å². The van der Waals surface area contributed by atoms with Crippen LogP contribution in [-0.4, -0.2) is 35.6 Å². The van der Waals surface area contributed by atoms with Gasteiger partial charge in [0, 0.05) is 30.4 Å². The van der Waals surface area contributed by atoms with E-state index in [2.05, 4.69) is 30.4 Å². The Hall–Kier alpha value is -3.66. The number of aromatic nitrogens is 6. The van der Waals surface area contributed by atoms with Gasteiger partial charge in [-0.25, -0.2) is 19.3 Å². The van der Waals surface area contributed by atoms with Crippen LogP contribution in [0.25, 0.3) is 17.1 Å². The first-order valence-corrected chi connectivity index (χ1v) is 8.81. The normalized spacial score (nSPS) is 11.4. The van der Waals surface area contributed by atoms with Crippen molar-refractivity contribution in [3.8, 4) is 17.1 Å². The van der Waals surface area contributed by atoms with Crippen LogP contribution in [0.15, 0.2) is 67.5 Å². The fraction of sp³-hybridized carbons (Fsp3) is 0.100. The number of benzene rings is 1. The van der Waals surface area contributed by atoms with Crippen LogP contribution in [0.4, 0.5) is 4.39 Å². The van der Waals surface area contributed by atoms with Gasteiger partial charge in [0.05, 0.1) is 11.6 Å². The summed E-state index contributed by atoms with van der Waals surface area (Å²) in [7, 11) is 0. The van der Waals surface area contributed by atoms with E-state index in [-0.39, 0.29) is 25.2 Å². The predicted octanol–water partition coefficient (Wildman–Crippen LogP) is 2.86. The van der Waals surface area contributed by atoms with Gasteiger partial charge >= 0.3 is 0 Å². The lowest BCUT2D eigenvalue weighted by atomic mass is 10.1. The Kier molecular flexibility index (Phi) is 6.48. The zero-order valence-electron chi connectivity index (χ0n) is 15.9. The lowest BCUT2D eigenvalue weighted by Gasteiger charge is -2.14. The highest BCUT2D eigenvalue weighted by atomic mass is 32.1. The molecule has 0 spiro atoms. The molecule has 4 rings (SSSR count). The lowest BCUT2D eigenvalue weighted by molar-refractivity contribution is 0.0937. The molecule has 3 aromatic heterocycles.